The maximum Gasteiger partial charge on any atom is 0.271 e. The van der Waals surface area contributed by atoms with Crippen molar-refractivity contribution in [3.63, 3.8) is 0 Å². The Hall–Kier alpha value is -3.43. The first-order valence-electron chi connectivity index (χ1n) is 9.48. The first-order valence-corrected chi connectivity index (χ1v) is 11.3. The molecule has 0 aliphatic rings. The monoisotopic (exact) mass is 473 g/mol. The molecule has 3 aromatic carbocycles. The zero-order valence-corrected chi connectivity index (χ0v) is 18.9. The maximum atomic E-state index is 13.4. The second kappa shape index (κ2) is 9.37. The highest BCUT2D eigenvalue weighted by molar-refractivity contribution is 7.92. The third-order valence-electron chi connectivity index (χ3n) is 4.76. The van der Waals surface area contributed by atoms with Crippen LogP contribution in [0.5, 0.6) is 0 Å². The van der Waals surface area contributed by atoms with Gasteiger partial charge in [0.15, 0.2) is 0 Å². The molecule has 8 nitrogen and oxygen atoms in total. The Labute approximate surface area is 190 Å². The second-order valence-corrected chi connectivity index (χ2v) is 9.36. The van der Waals surface area contributed by atoms with Gasteiger partial charge in [0.2, 0.25) is 5.91 Å². The lowest BCUT2D eigenvalue weighted by atomic mass is 10.2. The summed E-state index contributed by atoms with van der Waals surface area (Å²) in [6.45, 7) is 2.83. The molecular formula is C22H20ClN3O5S. The number of hydrogen-bond donors (Lipinski definition) is 1. The number of halogens is 1. The molecule has 0 aliphatic carbocycles. The lowest BCUT2D eigenvalue weighted by molar-refractivity contribution is -0.384. The molecule has 0 radical (unpaired) electrons. The summed E-state index contributed by atoms with van der Waals surface area (Å²) in [5.74, 6) is -0.660. The Kier molecular flexibility index (Phi) is 6.81. The van der Waals surface area contributed by atoms with E-state index in [-0.39, 0.29) is 22.0 Å². The summed E-state index contributed by atoms with van der Waals surface area (Å²) in [4.78, 5) is 23.4. The number of nitrogens with one attached hydrogen (secondary N) is 1. The number of amides is 1. The molecular weight excluding hydrogens is 454 g/mol. The van der Waals surface area contributed by atoms with Crippen molar-refractivity contribution >= 4 is 44.6 Å². The van der Waals surface area contributed by atoms with Crippen LogP contribution in [0.2, 0.25) is 5.02 Å². The van der Waals surface area contributed by atoms with Crippen molar-refractivity contribution in [1.29, 1.82) is 0 Å². The fraction of sp³-hybridized carbons (Fsp3) is 0.136. The van der Waals surface area contributed by atoms with E-state index in [1.165, 1.54) is 36.4 Å². The number of carbonyl (C=O) groups excluding carboxylic acids is 1. The van der Waals surface area contributed by atoms with Crippen LogP contribution in [0.1, 0.15) is 11.1 Å². The van der Waals surface area contributed by atoms with Crippen LogP contribution in [0.4, 0.5) is 17.1 Å². The number of benzene rings is 3. The summed E-state index contributed by atoms with van der Waals surface area (Å²) in [7, 11) is -4.11. The first-order chi connectivity index (χ1) is 15.1. The van der Waals surface area contributed by atoms with Gasteiger partial charge in [0.05, 0.1) is 21.2 Å². The molecule has 0 saturated carbocycles. The summed E-state index contributed by atoms with van der Waals surface area (Å²) in [6, 6.07) is 16.6. The molecule has 10 heteroatoms. The molecule has 3 aromatic rings. The highest BCUT2D eigenvalue weighted by Crippen LogP contribution is 2.30. The second-order valence-electron chi connectivity index (χ2n) is 7.06. The number of carbonyl (C=O) groups is 1. The van der Waals surface area contributed by atoms with Crippen molar-refractivity contribution in [3.8, 4) is 0 Å². The van der Waals surface area contributed by atoms with E-state index in [1.54, 1.807) is 44.2 Å². The fourth-order valence-corrected chi connectivity index (χ4v) is 4.71. The minimum absolute atomic E-state index is 0.0127. The number of anilines is 2. The third-order valence-corrected chi connectivity index (χ3v) is 6.77. The van der Waals surface area contributed by atoms with Gasteiger partial charge in [0.25, 0.3) is 15.7 Å². The minimum atomic E-state index is -4.11. The fourth-order valence-electron chi connectivity index (χ4n) is 3.05. The van der Waals surface area contributed by atoms with Crippen LogP contribution in [-0.2, 0) is 14.8 Å². The van der Waals surface area contributed by atoms with Crippen LogP contribution < -0.4 is 9.62 Å². The molecule has 0 spiro atoms. The molecule has 0 heterocycles. The van der Waals surface area contributed by atoms with Crippen molar-refractivity contribution in [1.82, 2.24) is 0 Å². The number of nitrogens with zero attached hydrogens (tertiary/aromatic N) is 2. The molecule has 1 amide bonds. The molecule has 0 unspecified atom stereocenters. The minimum Gasteiger partial charge on any atom is -0.324 e. The summed E-state index contributed by atoms with van der Waals surface area (Å²) in [6.07, 6.45) is 0. The standard InChI is InChI=1S/C22H20ClN3O5S/c1-15-9-11-18(26(28)29)13-20(15)24-22(27)14-25(21-12-17(23)10-8-16(21)2)32(30,31)19-6-4-3-5-7-19/h3-13H,14H2,1-2H3,(H,24,27). The lowest BCUT2D eigenvalue weighted by Crippen LogP contribution is -2.38. The van der Waals surface area contributed by atoms with Crippen molar-refractivity contribution in [3.05, 3.63) is 93.0 Å². The number of nitro groups is 1. The number of sulfonamides is 1. The van der Waals surface area contributed by atoms with E-state index in [4.69, 9.17) is 11.6 Å². The molecule has 0 fully saturated rings. The number of hydrogen-bond acceptors (Lipinski definition) is 5. The molecule has 3 rings (SSSR count). The summed E-state index contributed by atoms with van der Waals surface area (Å²) in [5.41, 5.74) is 1.50. The van der Waals surface area contributed by atoms with Gasteiger partial charge in [0.1, 0.15) is 6.54 Å². The summed E-state index contributed by atoms with van der Waals surface area (Å²) < 4.78 is 27.8. The van der Waals surface area contributed by atoms with Gasteiger partial charge < -0.3 is 5.32 Å². The SMILES string of the molecule is Cc1ccc([N+](=O)[O-])cc1NC(=O)CN(c1cc(Cl)ccc1C)S(=O)(=O)c1ccccc1. The Morgan fingerprint density at radius 1 is 1.03 bits per heavy atom. The van der Waals surface area contributed by atoms with Gasteiger partial charge in [-0.05, 0) is 49.2 Å². The van der Waals surface area contributed by atoms with Crippen LogP contribution in [0.15, 0.2) is 71.6 Å². The molecule has 166 valence electrons. The van der Waals surface area contributed by atoms with E-state index in [0.717, 1.165) is 4.31 Å². The van der Waals surface area contributed by atoms with Crippen LogP contribution in [0, 0.1) is 24.0 Å². The number of rotatable bonds is 7. The third kappa shape index (κ3) is 5.06. The van der Waals surface area contributed by atoms with Gasteiger partial charge in [-0.25, -0.2) is 8.42 Å². The molecule has 32 heavy (non-hydrogen) atoms. The summed E-state index contributed by atoms with van der Waals surface area (Å²) >= 11 is 6.11. The quantitative estimate of drug-likeness (QED) is 0.395. The van der Waals surface area contributed by atoms with E-state index in [2.05, 4.69) is 5.32 Å². The van der Waals surface area contributed by atoms with Crippen molar-refractivity contribution in [2.75, 3.05) is 16.2 Å². The smallest absolute Gasteiger partial charge is 0.271 e. The number of nitro benzene ring substituents is 1. The Bertz CT molecular complexity index is 1280. The molecule has 0 aromatic heterocycles. The first kappa shape index (κ1) is 23.2. The number of non-ortho nitro benzene ring substituents is 1. The van der Waals surface area contributed by atoms with Crippen molar-refractivity contribution in [2.45, 2.75) is 18.7 Å². The van der Waals surface area contributed by atoms with E-state index >= 15 is 0 Å². The zero-order valence-electron chi connectivity index (χ0n) is 17.3. The predicted octanol–water partition coefficient (Wildman–Crippen LogP) is 4.70. The molecule has 0 bridgehead atoms. The number of aryl methyl sites for hydroxylation is 2. The van der Waals surface area contributed by atoms with Crippen molar-refractivity contribution < 1.29 is 18.1 Å². The van der Waals surface area contributed by atoms with Gasteiger partial charge in [-0.3, -0.25) is 19.2 Å². The van der Waals surface area contributed by atoms with Gasteiger partial charge >= 0.3 is 0 Å². The average Bonchev–Trinajstić information content (AvgIpc) is 2.76. The zero-order chi connectivity index (χ0) is 23.5. The Morgan fingerprint density at radius 2 is 1.69 bits per heavy atom. The molecule has 1 N–H and O–H groups in total. The normalized spacial score (nSPS) is 11.1. The average molecular weight is 474 g/mol. The van der Waals surface area contributed by atoms with E-state index in [9.17, 15) is 23.3 Å². The maximum absolute atomic E-state index is 13.4. The largest absolute Gasteiger partial charge is 0.324 e. The van der Waals surface area contributed by atoms with Crippen LogP contribution in [0.25, 0.3) is 0 Å². The predicted molar refractivity (Wildman–Crippen MR) is 124 cm³/mol. The van der Waals surface area contributed by atoms with Gasteiger partial charge in [0, 0.05) is 17.2 Å². The van der Waals surface area contributed by atoms with Gasteiger partial charge in [-0.15, -0.1) is 0 Å². The van der Waals surface area contributed by atoms with Gasteiger partial charge in [-0.2, -0.15) is 0 Å². The molecule has 0 atom stereocenters. The van der Waals surface area contributed by atoms with E-state index in [1.807, 2.05) is 0 Å². The molecule has 0 saturated heterocycles. The van der Waals surface area contributed by atoms with Gasteiger partial charge in [-0.1, -0.05) is 41.9 Å². The highest BCUT2D eigenvalue weighted by atomic mass is 35.5. The van der Waals surface area contributed by atoms with Crippen LogP contribution in [-0.4, -0.2) is 25.8 Å². The van der Waals surface area contributed by atoms with Crippen molar-refractivity contribution in [2.24, 2.45) is 0 Å². The lowest BCUT2D eigenvalue weighted by Gasteiger charge is -2.26. The highest BCUT2D eigenvalue weighted by Gasteiger charge is 2.28. The van der Waals surface area contributed by atoms with E-state index < -0.39 is 27.4 Å². The van der Waals surface area contributed by atoms with E-state index in [0.29, 0.717) is 16.1 Å². The topological polar surface area (TPSA) is 110 Å². The Balaban J connectivity index is 2.00. The summed E-state index contributed by atoms with van der Waals surface area (Å²) in [5, 5.41) is 14.0. The Morgan fingerprint density at radius 3 is 2.34 bits per heavy atom. The molecule has 0 aliphatic heterocycles. The van der Waals surface area contributed by atoms with Crippen LogP contribution in [0.3, 0.4) is 0 Å². The van der Waals surface area contributed by atoms with Crippen LogP contribution >= 0.6 is 11.6 Å².